The molecule has 0 aromatic carbocycles. The number of hydrogen-bond donors (Lipinski definition) is 3. The zero-order valence-electron chi connectivity index (χ0n) is 12.0. The van der Waals surface area contributed by atoms with Crippen LogP contribution < -0.4 is 10.6 Å². The van der Waals surface area contributed by atoms with Crippen molar-refractivity contribution in [1.82, 2.24) is 9.97 Å². The van der Waals surface area contributed by atoms with E-state index >= 15 is 0 Å². The summed E-state index contributed by atoms with van der Waals surface area (Å²) in [4.78, 5) is 7.45. The Labute approximate surface area is 125 Å². The molecule has 0 saturated carbocycles. The number of aliphatic hydroxyl groups excluding tert-OH is 1. The van der Waals surface area contributed by atoms with E-state index in [1.54, 1.807) is 13.8 Å². The lowest BCUT2D eigenvalue weighted by molar-refractivity contribution is -0.141. The minimum atomic E-state index is -4.54. The highest BCUT2D eigenvalue weighted by Gasteiger charge is 2.34. The number of aliphatic hydroxyl groups is 1. The zero-order chi connectivity index (χ0) is 16.0. The highest BCUT2D eigenvalue weighted by Crippen LogP contribution is 2.30. The number of alkyl halides is 3. The molecule has 0 aliphatic heterocycles. The minimum Gasteiger partial charge on any atom is -0.395 e. The predicted molar refractivity (Wildman–Crippen MR) is 78.7 cm³/mol. The van der Waals surface area contributed by atoms with Crippen molar-refractivity contribution in [3.05, 3.63) is 11.8 Å². The molecule has 0 fully saturated rings. The van der Waals surface area contributed by atoms with Crippen LogP contribution in [0.25, 0.3) is 0 Å². The van der Waals surface area contributed by atoms with E-state index in [0.29, 0.717) is 6.54 Å². The van der Waals surface area contributed by atoms with Gasteiger partial charge < -0.3 is 15.7 Å². The maximum Gasteiger partial charge on any atom is 0.433 e. The molecule has 21 heavy (non-hydrogen) atoms. The molecule has 1 aromatic heterocycles. The van der Waals surface area contributed by atoms with Crippen molar-refractivity contribution in [3.63, 3.8) is 0 Å². The molecule has 1 aromatic rings. The molecule has 120 valence electrons. The molecule has 0 bridgehead atoms. The summed E-state index contributed by atoms with van der Waals surface area (Å²) in [5.74, 6) is 0.000000000000000444. The Morgan fingerprint density at radius 3 is 2.52 bits per heavy atom. The summed E-state index contributed by atoms with van der Waals surface area (Å²) in [5, 5.41) is 14.6. The van der Waals surface area contributed by atoms with Gasteiger partial charge in [0.1, 0.15) is 5.82 Å². The normalized spacial score (nSPS) is 14.6. The standard InChI is InChI=1S/C12H19F3N4OS/c1-4-16-11-18-9(12(13,14)15)5-10(19-11)17-7(2)8(6-20)21-3/h5,7-8,20H,4,6H2,1-3H3,(H2,16,17,18,19). The first-order valence-electron chi connectivity index (χ1n) is 6.42. The average Bonchev–Trinajstić information content (AvgIpc) is 2.39. The first-order valence-corrected chi connectivity index (χ1v) is 7.71. The fraction of sp³-hybridized carbons (Fsp3) is 0.667. The van der Waals surface area contributed by atoms with E-state index in [-0.39, 0.29) is 29.7 Å². The Hall–Kier alpha value is -1.22. The number of thioether (sulfide) groups is 1. The Morgan fingerprint density at radius 2 is 2.05 bits per heavy atom. The van der Waals surface area contributed by atoms with Crippen molar-refractivity contribution in [2.75, 3.05) is 30.0 Å². The maximum atomic E-state index is 12.8. The van der Waals surface area contributed by atoms with Crippen LogP contribution in [0.5, 0.6) is 0 Å². The van der Waals surface area contributed by atoms with Gasteiger partial charge in [0.05, 0.1) is 6.61 Å². The monoisotopic (exact) mass is 324 g/mol. The first kappa shape index (κ1) is 17.8. The molecule has 0 aliphatic carbocycles. The number of anilines is 2. The lowest BCUT2D eigenvalue weighted by Crippen LogP contribution is -2.31. The summed E-state index contributed by atoms with van der Waals surface area (Å²) in [6.07, 6.45) is -2.72. The molecule has 1 rings (SSSR count). The molecule has 2 atom stereocenters. The number of rotatable bonds is 7. The summed E-state index contributed by atoms with van der Waals surface area (Å²) in [6.45, 7) is 3.86. The van der Waals surface area contributed by atoms with Crippen LogP contribution in [0.3, 0.4) is 0 Å². The number of nitrogens with zero attached hydrogens (tertiary/aromatic N) is 2. The zero-order valence-corrected chi connectivity index (χ0v) is 12.8. The Morgan fingerprint density at radius 1 is 1.38 bits per heavy atom. The molecule has 9 heteroatoms. The molecule has 0 saturated heterocycles. The number of halogens is 3. The fourth-order valence-corrected chi connectivity index (χ4v) is 2.29. The smallest absolute Gasteiger partial charge is 0.395 e. The van der Waals surface area contributed by atoms with Crippen molar-refractivity contribution in [3.8, 4) is 0 Å². The van der Waals surface area contributed by atoms with Gasteiger partial charge in [-0.1, -0.05) is 0 Å². The van der Waals surface area contributed by atoms with Crippen molar-refractivity contribution in [2.24, 2.45) is 0 Å². The second-order valence-electron chi connectivity index (χ2n) is 4.38. The van der Waals surface area contributed by atoms with Crippen molar-refractivity contribution < 1.29 is 18.3 Å². The van der Waals surface area contributed by atoms with Gasteiger partial charge in [-0.05, 0) is 20.1 Å². The van der Waals surface area contributed by atoms with Crippen LogP contribution in [0.2, 0.25) is 0 Å². The fourth-order valence-electron chi connectivity index (χ4n) is 1.67. The van der Waals surface area contributed by atoms with E-state index in [1.165, 1.54) is 11.8 Å². The lowest BCUT2D eigenvalue weighted by Gasteiger charge is -2.22. The SMILES string of the molecule is CCNc1nc(NC(C)C(CO)SC)cc(C(F)(F)F)n1. The Balaban J connectivity index is 3.02. The number of hydrogen-bond acceptors (Lipinski definition) is 6. The average molecular weight is 324 g/mol. The van der Waals surface area contributed by atoms with E-state index in [9.17, 15) is 18.3 Å². The molecule has 1 heterocycles. The van der Waals surface area contributed by atoms with E-state index in [2.05, 4.69) is 20.6 Å². The summed E-state index contributed by atoms with van der Waals surface area (Å²) < 4.78 is 38.5. The van der Waals surface area contributed by atoms with Gasteiger partial charge in [-0.25, -0.2) is 4.98 Å². The van der Waals surface area contributed by atoms with Gasteiger partial charge in [-0.3, -0.25) is 0 Å². The van der Waals surface area contributed by atoms with Crippen LogP contribution in [0.4, 0.5) is 24.9 Å². The molecule has 5 nitrogen and oxygen atoms in total. The van der Waals surface area contributed by atoms with Crippen LogP contribution in [0.15, 0.2) is 6.07 Å². The molecule has 0 aliphatic rings. The highest BCUT2D eigenvalue weighted by atomic mass is 32.2. The molecule has 3 N–H and O–H groups in total. The van der Waals surface area contributed by atoms with Crippen LogP contribution in [0.1, 0.15) is 19.5 Å². The van der Waals surface area contributed by atoms with E-state index in [4.69, 9.17) is 0 Å². The molecule has 0 spiro atoms. The molecular weight excluding hydrogens is 305 g/mol. The summed E-state index contributed by atoms with van der Waals surface area (Å²) in [5.41, 5.74) is -1.01. The topological polar surface area (TPSA) is 70.1 Å². The van der Waals surface area contributed by atoms with Gasteiger partial charge in [0.15, 0.2) is 5.69 Å². The molecular formula is C12H19F3N4OS. The van der Waals surface area contributed by atoms with Gasteiger partial charge in [0.2, 0.25) is 5.95 Å². The van der Waals surface area contributed by atoms with Crippen molar-refractivity contribution in [1.29, 1.82) is 0 Å². The Kier molecular flexibility index (Phi) is 6.53. The summed E-state index contributed by atoms with van der Waals surface area (Å²) in [7, 11) is 0. The van der Waals surface area contributed by atoms with Gasteiger partial charge >= 0.3 is 6.18 Å². The molecule has 0 radical (unpaired) electrons. The van der Waals surface area contributed by atoms with Crippen LogP contribution in [-0.2, 0) is 6.18 Å². The van der Waals surface area contributed by atoms with Gasteiger partial charge in [0, 0.05) is 23.9 Å². The van der Waals surface area contributed by atoms with Crippen LogP contribution in [-0.4, -0.2) is 45.8 Å². The second kappa shape index (κ2) is 7.69. The first-order chi connectivity index (χ1) is 9.81. The largest absolute Gasteiger partial charge is 0.433 e. The number of nitrogens with one attached hydrogen (secondary N) is 2. The molecule has 0 amide bonds. The van der Waals surface area contributed by atoms with Gasteiger partial charge in [-0.2, -0.15) is 29.9 Å². The van der Waals surface area contributed by atoms with E-state index in [1.807, 2.05) is 6.26 Å². The number of aromatic nitrogens is 2. The van der Waals surface area contributed by atoms with Gasteiger partial charge in [-0.15, -0.1) is 0 Å². The maximum absolute atomic E-state index is 12.8. The second-order valence-corrected chi connectivity index (χ2v) is 5.46. The third kappa shape index (κ3) is 5.24. The predicted octanol–water partition coefficient (Wildman–Crippen LogP) is 2.45. The molecule has 2 unspecified atom stereocenters. The third-order valence-corrected chi connectivity index (χ3v) is 3.93. The van der Waals surface area contributed by atoms with Crippen LogP contribution >= 0.6 is 11.8 Å². The quantitative estimate of drug-likeness (QED) is 0.716. The van der Waals surface area contributed by atoms with E-state index < -0.39 is 11.9 Å². The summed E-state index contributed by atoms with van der Waals surface area (Å²) in [6, 6.07) is 0.627. The minimum absolute atomic E-state index is 0.0768. The highest BCUT2D eigenvalue weighted by molar-refractivity contribution is 7.99. The third-order valence-electron chi connectivity index (χ3n) is 2.77. The van der Waals surface area contributed by atoms with Crippen molar-refractivity contribution >= 4 is 23.5 Å². The summed E-state index contributed by atoms with van der Waals surface area (Å²) >= 11 is 1.43. The van der Waals surface area contributed by atoms with Crippen molar-refractivity contribution in [2.45, 2.75) is 31.3 Å². The van der Waals surface area contributed by atoms with Gasteiger partial charge in [0.25, 0.3) is 0 Å². The van der Waals surface area contributed by atoms with Crippen LogP contribution in [0, 0.1) is 0 Å². The van der Waals surface area contributed by atoms with E-state index in [0.717, 1.165) is 6.07 Å². The Bertz CT molecular complexity index is 455. The lowest BCUT2D eigenvalue weighted by atomic mass is 10.2.